The molecule has 1 heterocycles. The summed E-state index contributed by atoms with van der Waals surface area (Å²) in [6.07, 6.45) is 8.04. The van der Waals surface area contributed by atoms with Gasteiger partial charge in [0.25, 0.3) is 0 Å². The number of aliphatic hydroxyl groups excluding tert-OH is 1. The van der Waals surface area contributed by atoms with Gasteiger partial charge in [0.05, 0.1) is 4.88 Å². The smallest absolute Gasteiger partial charge is 0.169 e. The predicted molar refractivity (Wildman–Crippen MR) is 71.3 cm³/mol. The Bertz CT molecular complexity index is 468. The van der Waals surface area contributed by atoms with Crippen LogP contribution in [0, 0.1) is 5.92 Å². The molecule has 2 rings (SSSR count). The summed E-state index contributed by atoms with van der Waals surface area (Å²) in [7, 11) is 0. The van der Waals surface area contributed by atoms with Crippen LogP contribution < -0.4 is 0 Å². The highest BCUT2D eigenvalue weighted by atomic mass is 32.1. The third-order valence-corrected chi connectivity index (χ3v) is 4.19. The molecule has 0 spiro atoms. The first-order valence-corrected chi connectivity index (χ1v) is 6.61. The largest absolute Gasteiger partial charge is 0.396 e. The molecule has 3 heteroatoms. The van der Waals surface area contributed by atoms with E-state index >= 15 is 0 Å². The second kappa shape index (κ2) is 5.43. The van der Waals surface area contributed by atoms with Crippen molar-refractivity contribution >= 4 is 22.7 Å². The Kier molecular flexibility index (Phi) is 3.92. The molecule has 0 fully saturated rings. The van der Waals surface area contributed by atoms with Crippen LogP contribution in [0.2, 0.25) is 0 Å². The number of carbonyl (C=O) groups is 1. The molecule has 1 N–H and O–H groups in total. The number of thiophene rings is 1. The molecule has 0 amide bonds. The van der Waals surface area contributed by atoms with Gasteiger partial charge in [-0.2, -0.15) is 0 Å². The summed E-state index contributed by atoms with van der Waals surface area (Å²) in [5.74, 6) is 0.544. The maximum absolute atomic E-state index is 11.3. The van der Waals surface area contributed by atoms with E-state index in [1.165, 1.54) is 10.5 Å². The lowest BCUT2D eigenvalue weighted by molar-refractivity contribution is 0.102. The summed E-state index contributed by atoms with van der Waals surface area (Å²) in [6, 6.07) is 3.91. The number of hydrogen-bond acceptors (Lipinski definition) is 3. The number of aliphatic hydroxyl groups is 1. The van der Waals surface area contributed by atoms with Gasteiger partial charge in [-0.3, -0.25) is 4.79 Å². The van der Waals surface area contributed by atoms with E-state index in [1.807, 2.05) is 18.2 Å². The monoisotopic (exact) mass is 248 g/mol. The summed E-state index contributed by atoms with van der Waals surface area (Å²) >= 11 is 1.55. The Morgan fingerprint density at radius 1 is 1.53 bits per heavy atom. The van der Waals surface area contributed by atoms with Gasteiger partial charge >= 0.3 is 0 Å². The van der Waals surface area contributed by atoms with Crippen LogP contribution in [-0.4, -0.2) is 17.5 Å². The fourth-order valence-electron chi connectivity index (χ4n) is 1.99. The van der Waals surface area contributed by atoms with Gasteiger partial charge in [0.1, 0.15) is 0 Å². The summed E-state index contributed by atoms with van der Waals surface area (Å²) in [5, 5.41) is 8.96. The number of carbonyl (C=O) groups excluding carboxylic acids is 1. The zero-order valence-corrected chi connectivity index (χ0v) is 10.7. The molecule has 1 unspecified atom stereocenters. The van der Waals surface area contributed by atoms with Gasteiger partial charge in [0.15, 0.2) is 5.78 Å². The molecular formula is C14H16O2S. The third kappa shape index (κ3) is 2.93. The molecule has 1 aliphatic rings. The Balaban J connectivity index is 2.14. The highest BCUT2D eigenvalue weighted by molar-refractivity contribution is 7.15. The van der Waals surface area contributed by atoms with E-state index in [4.69, 9.17) is 5.11 Å². The van der Waals surface area contributed by atoms with Crippen LogP contribution in [0.3, 0.4) is 0 Å². The molecule has 17 heavy (non-hydrogen) atoms. The van der Waals surface area contributed by atoms with E-state index in [0.29, 0.717) is 5.92 Å². The van der Waals surface area contributed by atoms with Crippen LogP contribution in [0.1, 0.15) is 34.3 Å². The number of ketones is 1. The molecule has 90 valence electrons. The molecule has 0 radical (unpaired) electrons. The number of rotatable bonds is 4. The van der Waals surface area contributed by atoms with E-state index < -0.39 is 0 Å². The van der Waals surface area contributed by atoms with Gasteiger partial charge < -0.3 is 5.11 Å². The summed E-state index contributed by atoms with van der Waals surface area (Å²) in [6.45, 7) is 1.82. The van der Waals surface area contributed by atoms with E-state index in [-0.39, 0.29) is 12.4 Å². The Labute approximate surface area is 105 Å². The predicted octanol–water partition coefficient (Wildman–Crippen LogP) is 3.29. The van der Waals surface area contributed by atoms with Gasteiger partial charge in [0.2, 0.25) is 0 Å². The van der Waals surface area contributed by atoms with Gasteiger partial charge in [-0.25, -0.2) is 0 Å². The lowest BCUT2D eigenvalue weighted by Gasteiger charge is -2.16. The van der Waals surface area contributed by atoms with Crippen molar-refractivity contribution < 1.29 is 9.90 Å². The van der Waals surface area contributed by atoms with Crippen LogP contribution in [-0.2, 0) is 0 Å². The Morgan fingerprint density at radius 3 is 3.00 bits per heavy atom. The van der Waals surface area contributed by atoms with Crippen molar-refractivity contribution in [1.82, 2.24) is 0 Å². The Morgan fingerprint density at radius 2 is 2.35 bits per heavy atom. The van der Waals surface area contributed by atoms with Crippen LogP contribution in [0.25, 0.3) is 5.57 Å². The van der Waals surface area contributed by atoms with Crippen molar-refractivity contribution in [2.45, 2.75) is 19.8 Å². The van der Waals surface area contributed by atoms with Crippen LogP contribution in [0.4, 0.5) is 0 Å². The molecule has 2 nitrogen and oxygen atoms in total. The molecule has 0 aliphatic heterocycles. The second-order valence-electron chi connectivity index (χ2n) is 4.27. The van der Waals surface area contributed by atoms with Crippen LogP contribution in [0.15, 0.2) is 30.4 Å². The maximum Gasteiger partial charge on any atom is 0.169 e. The summed E-state index contributed by atoms with van der Waals surface area (Å²) in [5.41, 5.74) is 1.27. The maximum atomic E-state index is 11.3. The molecule has 1 aromatic rings. The normalized spacial score (nSPS) is 19.2. The third-order valence-electron chi connectivity index (χ3n) is 2.93. The van der Waals surface area contributed by atoms with E-state index in [0.717, 1.165) is 17.7 Å². The first kappa shape index (κ1) is 12.3. The van der Waals surface area contributed by atoms with Crippen molar-refractivity contribution in [3.63, 3.8) is 0 Å². The second-order valence-corrected chi connectivity index (χ2v) is 5.36. The zero-order chi connectivity index (χ0) is 12.3. The molecule has 1 aliphatic carbocycles. The lowest BCUT2D eigenvalue weighted by Crippen LogP contribution is -2.03. The SMILES string of the molecule is CC(=O)c1ccc(C2=CC=CC(CCO)C2)s1. The van der Waals surface area contributed by atoms with Gasteiger partial charge in [-0.1, -0.05) is 18.2 Å². The zero-order valence-electron chi connectivity index (χ0n) is 9.85. The average Bonchev–Trinajstić information content (AvgIpc) is 2.79. The van der Waals surface area contributed by atoms with E-state index in [2.05, 4.69) is 12.2 Å². The van der Waals surface area contributed by atoms with E-state index in [9.17, 15) is 4.79 Å². The van der Waals surface area contributed by atoms with Crippen molar-refractivity contribution in [3.8, 4) is 0 Å². The van der Waals surface area contributed by atoms with Gasteiger partial charge in [0, 0.05) is 11.5 Å². The molecule has 0 aromatic carbocycles. The summed E-state index contributed by atoms with van der Waals surface area (Å²) < 4.78 is 0. The quantitative estimate of drug-likeness (QED) is 0.830. The number of Topliss-reactive ketones (excluding diaryl/α,β-unsaturated/α-hetero) is 1. The van der Waals surface area contributed by atoms with Crippen LogP contribution in [0.5, 0.6) is 0 Å². The lowest BCUT2D eigenvalue weighted by atomic mass is 9.91. The molecule has 1 aromatic heterocycles. The minimum absolute atomic E-state index is 0.125. The first-order valence-electron chi connectivity index (χ1n) is 5.80. The van der Waals surface area contributed by atoms with Gasteiger partial charge in [-0.15, -0.1) is 11.3 Å². The van der Waals surface area contributed by atoms with Crippen molar-refractivity contribution in [1.29, 1.82) is 0 Å². The highest BCUT2D eigenvalue weighted by Crippen LogP contribution is 2.33. The highest BCUT2D eigenvalue weighted by Gasteiger charge is 2.14. The fraction of sp³-hybridized carbons (Fsp3) is 0.357. The van der Waals surface area contributed by atoms with Gasteiger partial charge in [-0.05, 0) is 43.4 Å². The number of allylic oxidation sites excluding steroid dienone is 4. The van der Waals surface area contributed by atoms with Crippen molar-refractivity contribution in [2.75, 3.05) is 6.61 Å². The first-order chi connectivity index (χ1) is 8.20. The minimum atomic E-state index is 0.125. The van der Waals surface area contributed by atoms with Crippen molar-refractivity contribution in [3.05, 3.63) is 40.1 Å². The molecule has 0 saturated carbocycles. The topological polar surface area (TPSA) is 37.3 Å². The van der Waals surface area contributed by atoms with Crippen LogP contribution >= 0.6 is 11.3 Å². The molecular weight excluding hydrogens is 232 g/mol. The molecule has 0 saturated heterocycles. The fourth-order valence-corrected chi connectivity index (χ4v) is 2.93. The summed E-state index contributed by atoms with van der Waals surface area (Å²) in [4.78, 5) is 13.2. The van der Waals surface area contributed by atoms with Crippen molar-refractivity contribution in [2.24, 2.45) is 5.92 Å². The average molecular weight is 248 g/mol. The Hall–Kier alpha value is -1.19. The molecule has 1 atom stereocenters. The molecule has 0 bridgehead atoms. The minimum Gasteiger partial charge on any atom is -0.396 e. The standard InChI is InChI=1S/C14H16O2S/c1-10(16)13-5-6-14(17-13)12-4-2-3-11(9-12)7-8-15/h2-6,11,15H,7-9H2,1H3. The van der Waals surface area contributed by atoms with E-state index in [1.54, 1.807) is 18.3 Å². The number of hydrogen-bond donors (Lipinski definition) is 1.